The average Bonchev–Trinajstić information content (AvgIpc) is 2.41. The second-order valence-corrected chi connectivity index (χ2v) is 6.28. The summed E-state index contributed by atoms with van der Waals surface area (Å²) in [6.45, 7) is 8.24. The summed E-state index contributed by atoms with van der Waals surface area (Å²) in [5.74, 6) is 1.61. The molecule has 112 valence electrons. The second-order valence-electron chi connectivity index (χ2n) is 6.28. The number of nitrogens with two attached hydrogens (primary N) is 1. The molecule has 0 aromatic rings. The van der Waals surface area contributed by atoms with Gasteiger partial charge in [0.25, 0.3) is 0 Å². The summed E-state index contributed by atoms with van der Waals surface area (Å²) >= 11 is 0. The molecule has 0 spiro atoms. The number of amides is 1. The van der Waals surface area contributed by atoms with Crippen molar-refractivity contribution < 1.29 is 4.79 Å². The SMILES string of the molecule is CCC(C)CN(CC)C(=O)CCC1CCCC(N)C1. The van der Waals surface area contributed by atoms with Crippen molar-refractivity contribution in [2.75, 3.05) is 13.1 Å². The van der Waals surface area contributed by atoms with Crippen molar-refractivity contribution in [3.8, 4) is 0 Å². The second kappa shape index (κ2) is 8.57. The Morgan fingerprint density at radius 2 is 2.11 bits per heavy atom. The van der Waals surface area contributed by atoms with E-state index >= 15 is 0 Å². The smallest absolute Gasteiger partial charge is 0.222 e. The zero-order valence-corrected chi connectivity index (χ0v) is 13.0. The normalized spacial score (nSPS) is 25.1. The van der Waals surface area contributed by atoms with Gasteiger partial charge in [0.2, 0.25) is 5.91 Å². The fraction of sp³-hybridized carbons (Fsp3) is 0.938. The van der Waals surface area contributed by atoms with E-state index < -0.39 is 0 Å². The molecule has 1 saturated carbocycles. The van der Waals surface area contributed by atoms with Crippen LogP contribution in [0.2, 0.25) is 0 Å². The Balaban J connectivity index is 2.31. The predicted octanol–water partition coefficient (Wildman–Crippen LogP) is 3.18. The van der Waals surface area contributed by atoms with Crippen LogP contribution in [-0.2, 0) is 4.79 Å². The molecule has 0 aromatic heterocycles. The molecule has 0 aliphatic heterocycles. The van der Waals surface area contributed by atoms with Gasteiger partial charge in [-0.2, -0.15) is 0 Å². The minimum atomic E-state index is 0.335. The van der Waals surface area contributed by atoms with Gasteiger partial charge in [0.15, 0.2) is 0 Å². The van der Waals surface area contributed by atoms with Crippen LogP contribution in [0, 0.1) is 11.8 Å². The Kier molecular flexibility index (Phi) is 7.44. The van der Waals surface area contributed by atoms with Gasteiger partial charge < -0.3 is 10.6 Å². The van der Waals surface area contributed by atoms with E-state index in [1.165, 1.54) is 19.3 Å². The third-order valence-electron chi connectivity index (χ3n) is 4.55. The molecule has 1 fully saturated rings. The van der Waals surface area contributed by atoms with Gasteiger partial charge in [-0.1, -0.05) is 33.1 Å². The maximum Gasteiger partial charge on any atom is 0.222 e. The standard InChI is InChI=1S/C16H32N2O/c1-4-13(3)12-18(5-2)16(19)10-9-14-7-6-8-15(17)11-14/h13-15H,4-12,17H2,1-3H3. The van der Waals surface area contributed by atoms with Crippen LogP contribution in [0.3, 0.4) is 0 Å². The summed E-state index contributed by atoms with van der Waals surface area (Å²) < 4.78 is 0. The Morgan fingerprint density at radius 1 is 1.37 bits per heavy atom. The van der Waals surface area contributed by atoms with Crippen LogP contribution in [-0.4, -0.2) is 29.9 Å². The first kappa shape index (κ1) is 16.5. The highest BCUT2D eigenvalue weighted by molar-refractivity contribution is 5.76. The van der Waals surface area contributed by atoms with Gasteiger partial charge in [-0.15, -0.1) is 0 Å². The Labute approximate surface area is 118 Å². The zero-order valence-electron chi connectivity index (χ0n) is 13.0. The molecule has 1 rings (SSSR count). The van der Waals surface area contributed by atoms with Gasteiger partial charge in [-0.05, 0) is 38.0 Å². The summed E-state index contributed by atoms with van der Waals surface area (Å²) in [6, 6.07) is 0.372. The van der Waals surface area contributed by atoms with E-state index in [0.717, 1.165) is 32.4 Å². The van der Waals surface area contributed by atoms with Crippen molar-refractivity contribution in [3.05, 3.63) is 0 Å². The topological polar surface area (TPSA) is 46.3 Å². The molecule has 3 unspecified atom stereocenters. The lowest BCUT2D eigenvalue weighted by atomic mass is 9.83. The van der Waals surface area contributed by atoms with E-state index in [1.54, 1.807) is 0 Å². The number of carbonyl (C=O) groups is 1. The number of hydrogen-bond acceptors (Lipinski definition) is 2. The van der Waals surface area contributed by atoms with Gasteiger partial charge in [0, 0.05) is 25.6 Å². The molecule has 2 N–H and O–H groups in total. The van der Waals surface area contributed by atoms with Crippen LogP contribution < -0.4 is 5.73 Å². The predicted molar refractivity (Wildman–Crippen MR) is 80.9 cm³/mol. The third-order valence-corrected chi connectivity index (χ3v) is 4.55. The van der Waals surface area contributed by atoms with E-state index in [9.17, 15) is 4.79 Å². The van der Waals surface area contributed by atoms with Crippen molar-refractivity contribution in [2.45, 2.75) is 71.8 Å². The Morgan fingerprint density at radius 3 is 2.68 bits per heavy atom. The van der Waals surface area contributed by atoms with Gasteiger partial charge >= 0.3 is 0 Å². The highest BCUT2D eigenvalue weighted by atomic mass is 16.2. The first-order valence-electron chi connectivity index (χ1n) is 8.10. The van der Waals surface area contributed by atoms with Crippen LogP contribution in [0.1, 0.15) is 65.7 Å². The number of carbonyl (C=O) groups excluding carboxylic acids is 1. The molecule has 0 saturated heterocycles. The Bertz CT molecular complexity index is 267. The first-order chi connectivity index (χ1) is 9.06. The molecule has 0 bridgehead atoms. The minimum Gasteiger partial charge on any atom is -0.343 e. The molecule has 1 aliphatic carbocycles. The van der Waals surface area contributed by atoms with Crippen LogP contribution >= 0.6 is 0 Å². The van der Waals surface area contributed by atoms with Crippen LogP contribution in [0.4, 0.5) is 0 Å². The van der Waals surface area contributed by atoms with Crippen LogP contribution in [0.15, 0.2) is 0 Å². The fourth-order valence-electron chi connectivity index (χ4n) is 2.99. The molecular weight excluding hydrogens is 236 g/mol. The molecule has 0 radical (unpaired) electrons. The van der Waals surface area contributed by atoms with Gasteiger partial charge in [0.1, 0.15) is 0 Å². The molecule has 19 heavy (non-hydrogen) atoms. The summed E-state index contributed by atoms with van der Waals surface area (Å²) in [5, 5.41) is 0. The molecule has 0 heterocycles. The van der Waals surface area contributed by atoms with E-state index in [4.69, 9.17) is 5.73 Å². The zero-order chi connectivity index (χ0) is 14.3. The van der Waals surface area contributed by atoms with E-state index in [1.807, 2.05) is 4.90 Å². The van der Waals surface area contributed by atoms with Crippen LogP contribution in [0.25, 0.3) is 0 Å². The van der Waals surface area contributed by atoms with Crippen LogP contribution in [0.5, 0.6) is 0 Å². The van der Waals surface area contributed by atoms with Gasteiger partial charge in [-0.3, -0.25) is 4.79 Å². The highest BCUT2D eigenvalue weighted by Gasteiger charge is 2.21. The quantitative estimate of drug-likeness (QED) is 0.771. The van der Waals surface area contributed by atoms with Gasteiger partial charge in [-0.25, -0.2) is 0 Å². The summed E-state index contributed by atoms with van der Waals surface area (Å²) in [7, 11) is 0. The third kappa shape index (κ3) is 5.94. The Hall–Kier alpha value is -0.570. The minimum absolute atomic E-state index is 0.335. The molecule has 1 aliphatic rings. The highest BCUT2D eigenvalue weighted by Crippen LogP contribution is 2.27. The number of nitrogens with zero attached hydrogens (tertiary/aromatic N) is 1. The van der Waals surface area contributed by atoms with Gasteiger partial charge in [0.05, 0.1) is 0 Å². The fourth-order valence-corrected chi connectivity index (χ4v) is 2.99. The maximum atomic E-state index is 12.2. The monoisotopic (exact) mass is 268 g/mol. The van der Waals surface area contributed by atoms with E-state index in [-0.39, 0.29) is 0 Å². The maximum absolute atomic E-state index is 12.2. The molecule has 3 atom stereocenters. The number of hydrogen-bond donors (Lipinski definition) is 1. The van der Waals surface area contributed by atoms with E-state index in [0.29, 0.717) is 30.2 Å². The molecule has 3 heteroatoms. The summed E-state index contributed by atoms with van der Waals surface area (Å²) in [4.78, 5) is 14.3. The lowest BCUT2D eigenvalue weighted by molar-refractivity contribution is -0.132. The molecule has 3 nitrogen and oxygen atoms in total. The molecular formula is C16H32N2O. The van der Waals surface area contributed by atoms with Crippen molar-refractivity contribution >= 4 is 5.91 Å². The van der Waals surface area contributed by atoms with Crippen molar-refractivity contribution in [1.82, 2.24) is 4.90 Å². The van der Waals surface area contributed by atoms with Crippen molar-refractivity contribution in [1.29, 1.82) is 0 Å². The first-order valence-corrected chi connectivity index (χ1v) is 8.10. The summed E-state index contributed by atoms with van der Waals surface area (Å²) in [5.41, 5.74) is 6.01. The largest absolute Gasteiger partial charge is 0.343 e. The molecule has 0 aromatic carbocycles. The lowest BCUT2D eigenvalue weighted by Crippen LogP contribution is -2.35. The lowest BCUT2D eigenvalue weighted by Gasteiger charge is -2.28. The van der Waals surface area contributed by atoms with Crippen molar-refractivity contribution in [2.24, 2.45) is 17.6 Å². The molecule has 1 amide bonds. The summed E-state index contributed by atoms with van der Waals surface area (Å²) in [6.07, 6.45) is 7.67. The number of rotatable bonds is 7. The average molecular weight is 268 g/mol. The van der Waals surface area contributed by atoms with E-state index in [2.05, 4.69) is 20.8 Å². The van der Waals surface area contributed by atoms with Crippen molar-refractivity contribution in [3.63, 3.8) is 0 Å².